The minimum atomic E-state index is -0.665. The Hall–Kier alpha value is -2.53. The smallest absolute Gasteiger partial charge is 0.251 e. The van der Waals surface area contributed by atoms with Gasteiger partial charge in [0.2, 0.25) is 6.79 Å². The molecule has 126 valence electrons. The topological polar surface area (TPSA) is 67.8 Å². The van der Waals surface area contributed by atoms with Crippen LogP contribution in [0.1, 0.15) is 40.9 Å². The van der Waals surface area contributed by atoms with E-state index in [0.717, 1.165) is 12.0 Å². The van der Waals surface area contributed by atoms with E-state index < -0.39 is 6.10 Å². The first-order valence-corrected chi connectivity index (χ1v) is 8.12. The molecule has 0 fully saturated rings. The molecule has 1 atom stereocenters. The second-order valence-electron chi connectivity index (χ2n) is 5.72. The molecule has 1 aliphatic rings. The number of benzene rings is 2. The Balaban J connectivity index is 1.51. The molecule has 2 aromatic rings. The van der Waals surface area contributed by atoms with Crippen LogP contribution in [0.3, 0.4) is 0 Å². The Bertz CT molecular complexity index is 712. The fourth-order valence-corrected chi connectivity index (χ4v) is 2.60. The zero-order valence-corrected chi connectivity index (χ0v) is 13.6. The van der Waals surface area contributed by atoms with Crippen LogP contribution in [-0.2, 0) is 6.42 Å². The number of carbonyl (C=O) groups is 1. The molecule has 1 amide bonds. The van der Waals surface area contributed by atoms with Crippen LogP contribution in [0.4, 0.5) is 0 Å². The van der Waals surface area contributed by atoms with Crippen molar-refractivity contribution < 1.29 is 19.4 Å². The molecular formula is C19H21NO4. The van der Waals surface area contributed by atoms with E-state index in [9.17, 15) is 9.90 Å². The molecule has 1 unspecified atom stereocenters. The third-order valence-corrected chi connectivity index (χ3v) is 4.11. The average molecular weight is 327 g/mol. The SMILES string of the molecule is CCc1ccc(C(=O)NCCC(O)c2ccc3c(c2)OCO3)cc1. The quantitative estimate of drug-likeness (QED) is 0.856. The molecule has 2 N–H and O–H groups in total. The molecule has 5 nitrogen and oxygen atoms in total. The van der Waals surface area contributed by atoms with Gasteiger partial charge in [-0.05, 0) is 48.2 Å². The number of carbonyl (C=O) groups excluding carboxylic acids is 1. The van der Waals surface area contributed by atoms with Gasteiger partial charge in [0.25, 0.3) is 5.91 Å². The lowest BCUT2D eigenvalue weighted by molar-refractivity contribution is 0.0942. The average Bonchev–Trinajstić information content (AvgIpc) is 3.09. The van der Waals surface area contributed by atoms with Gasteiger partial charge in [-0.1, -0.05) is 25.1 Å². The summed E-state index contributed by atoms with van der Waals surface area (Å²) < 4.78 is 10.6. The van der Waals surface area contributed by atoms with Gasteiger partial charge in [-0.2, -0.15) is 0 Å². The van der Waals surface area contributed by atoms with Crippen LogP contribution in [0.2, 0.25) is 0 Å². The van der Waals surface area contributed by atoms with Crippen LogP contribution in [0, 0.1) is 0 Å². The molecule has 0 saturated carbocycles. The number of hydrogen-bond acceptors (Lipinski definition) is 4. The summed E-state index contributed by atoms with van der Waals surface area (Å²) in [6, 6.07) is 12.9. The molecule has 0 aromatic heterocycles. The van der Waals surface area contributed by atoms with Gasteiger partial charge < -0.3 is 19.9 Å². The number of aliphatic hydroxyl groups is 1. The second kappa shape index (κ2) is 7.36. The van der Waals surface area contributed by atoms with Crippen molar-refractivity contribution in [2.24, 2.45) is 0 Å². The fraction of sp³-hybridized carbons (Fsp3) is 0.316. The molecular weight excluding hydrogens is 306 g/mol. The molecule has 3 rings (SSSR count). The Kier molecular flexibility index (Phi) is 5.01. The predicted molar refractivity (Wildman–Crippen MR) is 90.3 cm³/mol. The van der Waals surface area contributed by atoms with E-state index in [0.29, 0.717) is 30.0 Å². The number of amides is 1. The van der Waals surface area contributed by atoms with E-state index >= 15 is 0 Å². The van der Waals surface area contributed by atoms with Crippen molar-refractivity contribution in [2.45, 2.75) is 25.9 Å². The molecule has 24 heavy (non-hydrogen) atoms. The molecule has 0 aliphatic carbocycles. The highest BCUT2D eigenvalue weighted by atomic mass is 16.7. The van der Waals surface area contributed by atoms with Crippen LogP contribution in [-0.4, -0.2) is 24.4 Å². The fourth-order valence-electron chi connectivity index (χ4n) is 2.60. The van der Waals surface area contributed by atoms with E-state index in [2.05, 4.69) is 12.2 Å². The minimum Gasteiger partial charge on any atom is -0.454 e. The Morgan fingerprint density at radius 3 is 2.67 bits per heavy atom. The number of fused-ring (bicyclic) bond motifs is 1. The summed E-state index contributed by atoms with van der Waals surface area (Å²) >= 11 is 0. The van der Waals surface area contributed by atoms with Gasteiger partial charge in [-0.25, -0.2) is 0 Å². The number of nitrogens with one attached hydrogen (secondary N) is 1. The first-order chi connectivity index (χ1) is 11.7. The number of hydrogen-bond donors (Lipinski definition) is 2. The van der Waals surface area contributed by atoms with Gasteiger partial charge in [0.1, 0.15) is 0 Å². The van der Waals surface area contributed by atoms with Gasteiger partial charge in [0.05, 0.1) is 6.10 Å². The van der Waals surface area contributed by atoms with Gasteiger partial charge in [0, 0.05) is 12.1 Å². The zero-order chi connectivity index (χ0) is 16.9. The lowest BCUT2D eigenvalue weighted by Crippen LogP contribution is -2.25. The summed E-state index contributed by atoms with van der Waals surface area (Å²) in [4.78, 5) is 12.1. The van der Waals surface area contributed by atoms with E-state index in [1.807, 2.05) is 30.3 Å². The third kappa shape index (κ3) is 3.68. The molecule has 1 aliphatic heterocycles. The van der Waals surface area contributed by atoms with Gasteiger partial charge in [-0.3, -0.25) is 4.79 Å². The Labute approximate surface area is 141 Å². The van der Waals surface area contributed by atoms with E-state index in [4.69, 9.17) is 9.47 Å². The van der Waals surface area contributed by atoms with Gasteiger partial charge in [0.15, 0.2) is 11.5 Å². The highest BCUT2D eigenvalue weighted by Crippen LogP contribution is 2.34. The predicted octanol–water partition coefficient (Wildman–Crippen LogP) is 2.83. The maximum absolute atomic E-state index is 12.1. The minimum absolute atomic E-state index is 0.129. The van der Waals surface area contributed by atoms with Crippen molar-refractivity contribution in [3.63, 3.8) is 0 Å². The number of aryl methyl sites for hydroxylation is 1. The first kappa shape index (κ1) is 16.3. The van der Waals surface area contributed by atoms with Gasteiger partial charge >= 0.3 is 0 Å². The van der Waals surface area contributed by atoms with Crippen LogP contribution >= 0.6 is 0 Å². The number of ether oxygens (including phenoxy) is 2. The van der Waals surface area contributed by atoms with Crippen LogP contribution < -0.4 is 14.8 Å². The van der Waals surface area contributed by atoms with E-state index in [-0.39, 0.29) is 12.7 Å². The van der Waals surface area contributed by atoms with Crippen molar-refractivity contribution in [3.8, 4) is 11.5 Å². The molecule has 5 heteroatoms. The van der Waals surface area contributed by atoms with Crippen molar-refractivity contribution in [2.75, 3.05) is 13.3 Å². The molecule has 2 aromatic carbocycles. The van der Waals surface area contributed by atoms with Gasteiger partial charge in [-0.15, -0.1) is 0 Å². The summed E-state index contributed by atoms with van der Waals surface area (Å²) in [6.07, 6.45) is 0.712. The maximum Gasteiger partial charge on any atom is 0.251 e. The maximum atomic E-state index is 12.1. The lowest BCUT2D eigenvalue weighted by atomic mass is 10.1. The van der Waals surface area contributed by atoms with Crippen LogP contribution in [0.15, 0.2) is 42.5 Å². The van der Waals surface area contributed by atoms with Crippen molar-refractivity contribution in [1.29, 1.82) is 0 Å². The second-order valence-corrected chi connectivity index (χ2v) is 5.72. The van der Waals surface area contributed by atoms with Crippen molar-refractivity contribution in [3.05, 3.63) is 59.2 Å². The van der Waals surface area contributed by atoms with Crippen molar-refractivity contribution >= 4 is 5.91 Å². The monoisotopic (exact) mass is 327 g/mol. The molecule has 0 bridgehead atoms. The standard InChI is InChI=1S/C19H21NO4/c1-2-13-3-5-14(6-4-13)19(22)20-10-9-16(21)15-7-8-17-18(11-15)24-12-23-17/h3-8,11,16,21H,2,9-10,12H2,1H3,(H,20,22). The normalized spacial score (nSPS) is 13.6. The number of aliphatic hydroxyl groups excluding tert-OH is 1. The summed E-state index contributed by atoms with van der Waals surface area (Å²) in [5.74, 6) is 1.21. The molecule has 1 heterocycles. The highest BCUT2D eigenvalue weighted by molar-refractivity contribution is 5.94. The summed E-state index contributed by atoms with van der Waals surface area (Å²) in [5.41, 5.74) is 2.58. The summed E-state index contributed by atoms with van der Waals surface area (Å²) in [6.45, 7) is 2.68. The molecule has 0 radical (unpaired) electrons. The van der Waals surface area contributed by atoms with Crippen molar-refractivity contribution in [1.82, 2.24) is 5.32 Å². The molecule has 0 saturated heterocycles. The molecule has 0 spiro atoms. The van der Waals surface area contributed by atoms with Crippen LogP contribution in [0.25, 0.3) is 0 Å². The van der Waals surface area contributed by atoms with E-state index in [1.54, 1.807) is 12.1 Å². The largest absolute Gasteiger partial charge is 0.454 e. The van der Waals surface area contributed by atoms with E-state index in [1.165, 1.54) is 5.56 Å². The Morgan fingerprint density at radius 2 is 1.92 bits per heavy atom. The number of rotatable bonds is 6. The highest BCUT2D eigenvalue weighted by Gasteiger charge is 2.16. The first-order valence-electron chi connectivity index (χ1n) is 8.12. The zero-order valence-electron chi connectivity index (χ0n) is 13.6. The lowest BCUT2D eigenvalue weighted by Gasteiger charge is -2.12. The summed E-state index contributed by atoms with van der Waals surface area (Å²) in [7, 11) is 0. The Morgan fingerprint density at radius 1 is 1.17 bits per heavy atom. The summed E-state index contributed by atoms with van der Waals surface area (Å²) in [5, 5.41) is 13.1. The third-order valence-electron chi connectivity index (χ3n) is 4.11. The van der Waals surface area contributed by atoms with Crippen LogP contribution in [0.5, 0.6) is 11.5 Å².